The summed E-state index contributed by atoms with van der Waals surface area (Å²) in [7, 11) is -3.70. The van der Waals surface area contributed by atoms with Crippen molar-refractivity contribution in [3.8, 4) is 5.75 Å². The molecule has 0 fully saturated rings. The van der Waals surface area contributed by atoms with Crippen LogP contribution in [0.15, 0.2) is 45.7 Å². The Morgan fingerprint density at radius 1 is 1.22 bits per heavy atom. The maximum atomic E-state index is 12.2. The Bertz CT molecular complexity index is 721. The van der Waals surface area contributed by atoms with Gasteiger partial charge in [-0.2, -0.15) is 0 Å². The van der Waals surface area contributed by atoms with Crippen LogP contribution in [0.2, 0.25) is 0 Å². The van der Waals surface area contributed by atoms with Gasteiger partial charge in [-0.15, -0.1) is 0 Å². The van der Waals surface area contributed by atoms with Crippen LogP contribution in [-0.4, -0.2) is 26.7 Å². The van der Waals surface area contributed by atoms with Crippen LogP contribution in [0.3, 0.4) is 0 Å². The lowest BCUT2D eigenvalue weighted by molar-refractivity contribution is 0.152. The van der Waals surface area contributed by atoms with Crippen molar-refractivity contribution in [3.05, 3.63) is 47.9 Å². The van der Waals surface area contributed by atoms with E-state index in [9.17, 15) is 13.5 Å². The molecule has 2 N–H and O–H groups in total. The Morgan fingerprint density at radius 3 is 2.48 bits per heavy atom. The second-order valence-corrected chi connectivity index (χ2v) is 6.90. The van der Waals surface area contributed by atoms with Gasteiger partial charge in [-0.25, -0.2) is 13.1 Å². The second kappa shape index (κ2) is 7.63. The average Bonchev–Trinajstić information content (AvgIpc) is 2.97. The lowest BCUT2D eigenvalue weighted by Crippen LogP contribution is -2.28. The average molecular weight is 339 g/mol. The van der Waals surface area contributed by atoms with Crippen molar-refractivity contribution in [2.45, 2.75) is 31.3 Å². The second-order valence-electron chi connectivity index (χ2n) is 5.14. The Kier molecular flexibility index (Phi) is 5.81. The Balaban J connectivity index is 1.98. The quantitative estimate of drug-likeness (QED) is 0.771. The van der Waals surface area contributed by atoms with Crippen LogP contribution in [0.25, 0.3) is 0 Å². The Labute approximate surface area is 136 Å². The van der Waals surface area contributed by atoms with Crippen LogP contribution in [-0.2, 0) is 10.0 Å². The van der Waals surface area contributed by atoms with Gasteiger partial charge in [0.05, 0.1) is 11.5 Å². The van der Waals surface area contributed by atoms with E-state index in [-0.39, 0.29) is 11.4 Å². The van der Waals surface area contributed by atoms with Crippen molar-refractivity contribution >= 4 is 10.0 Å². The predicted molar refractivity (Wildman–Crippen MR) is 85.8 cm³/mol. The van der Waals surface area contributed by atoms with Crippen molar-refractivity contribution in [1.29, 1.82) is 0 Å². The lowest BCUT2D eigenvalue weighted by Gasteiger charge is -2.11. The SMILES string of the molecule is CCCOc1ccc(S(=O)(=O)NCC(O)c2ccc(C)o2)cc1. The van der Waals surface area contributed by atoms with E-state index in [1.165, 1.54) is 12.1 Å². The molecule has 0 radical (unpaired) electrons. The van der Waals surface area contributed by atoms with Gasteiger partial charge in [-0.3, -0.25) is 0 Å². The number of rotatable bonds is 8. The van der Waals surface area contributed by atoms with Gasteiger partial charge in [0.25, 0.3) is 0 Å². The van der Waals surface area contributed by atoms with E-state index in [4.69, 9.17) is 9.15 Å². The first kappa shape index (κ1) is 17.5. The van der Waals surface area contributed by atoms with Crippen LogP contribution in [0.1, 0.15) is 31.0 Å². The molecular weight excluding hydrogens is 318 g/mol. The Morgan fingerprint density at radius 2 is 1.91 bits per heavy atom. The predicted octanol–water partition coefficient (Wildman–Crippen LogP) is 2.39. The molecule has 0 aliphatic heterocycles. The third-order valence-corrected chi connectivity index (χ3v) is 4.60. The van der Waals surface area contributed by atoms with Crippen molar-refractivity contribution < 1.29 is 22.7 Å². The van der Waals surface area contributed by atoms with Gasteiger partial charge < -0.3 is 14.3 Å². The molecule has 0 spiro atoms. The molecule has 0 bridgehead atoms. The number of sulfonamides is 1. The molecule has 1 heterocycles. The molecule has 2 rings (SSSR count). The molecule has 1 atom stereocenters. The van der Waals surface area contributed by atoms with Crippen molar-refractivity contribution in [2.24, 2.45) is 0 Å². The molecule has 0 aliphatic carbocycles. The summed E-state index contributed by atoms with van der Waals surface area (Å²) in [6.07, 6.45) is -0.156. The smallest absolute Gasteiger partial charge is 0.240 e. The third-order valence-electron chi connectivity index (χ3n) is 3.16. The molecule has 1 unspecified atom stereocenters. The molecule has 2 aromatic rings. The zero-order valence-corrected chi connectivity index (χ0v) is 14.0. The number of ether oxygens (including phenoxy) is 1. The first-order chi connectivity index (χ1) is 10.9. The van der Waals surface area contributed by atoms with Gasteiger partial charge in [0.1, 0.15) is 23.4 Å². The summed E-state index contributed by atoms with van der Waals surface area (Å²) in [4.78, 5) is 0.115. The maximum Gasteiger partial charge on any atom is 0.240 e. The summed E-state index contributed by atoms with van der Waals surface area (Å²) in [5.74, 6) is 1.61. The summed E-state index contributed by atoms with van der Waals surface area (Å²) in [6.45, 7) is 4.17. The van der Waals surface area contributed by atoms with Crippen LogP contribution in [0.4, 0.5) is 0 Å². The van der Waals surface area contributed by atoms with Gasteiger partial charge in [-0.1, -0.05) is 6.92 Å². The number of benzene rings is 1. The normalized spacial score (nSPS) is 13.0. The zero-order chi connectivity index (χ0) is 16.9. The molecule has 23 heavy (non-hydrogen) atoms. The van der Waals surface area contributed by atoms with E-state index >= 15 is 0 Å². The monoisotopic (exact) mass is 339 g/mol. The molecule has 126 valence electrons. The molecule has 0 aliphatic rings. The van der Waals surface area contributed by atoms with Crippen molar-refractivity contribution in [2.75, 3.05) is 13.2 Å². The summed E-state index contributed by atoms with van der Waals surface area (Å²) in [5.41, 5.74) is 0. The number of hydrogen-bond donors (Lipinski definition) is 2. The zero-order valence-electron chi connectivity index (χ0n) is 13.2. The minimum Gasteiger partial charge on any atom is -0.494 e. The molecule has 0 saturated heterocycles. The number of aryl methyl sites for hydroxylation is 1. The van der Waals surface area contributed by atoms with Gasteiger partial charge in [0.2, 0.25) is 10.0 Å². The fourth-order valence-corrected chi connectivity index (χ4v) is 2.98. The van der Waals surface area contributed by atoms with Gasteiger partial charge >= 0.3 is 0 Å². The minimum atomic E-state index is -3.70. The van der Waals surface area contributed by atoms with Crippen LogP contribution in [0, 0.1) is 6.92 Å². The van der Waals surface area contributed by atoms with Gasteiger partial charge in [-0.05, 0) is 49.7 Å². The van der Waals surface area contributed by atoms with Crippen LogP contribution < -0.4 is 9.46 Å². The highest BCUT2D eigenvalue weighted by atomic mass is 32.2. The van der Waals surface area contributed by atoms with E-state index in [0.29, 0.717) is 23.9 Å². The highest BCUT2D eigenvalue weighted by Crippen LogP contribution is 2.18. The molecule has 6 nitrogen and oxygen atoms in total. The molecule has 1 aromatic heterocycles. The summed E-state index contributed by atoms with van der Waals surface area (Å²) < 4.78 is 37.5. The van der Waals surface area contributed by atoms with Crippen LogP contribution >= 0.6 is 0 Å². The number of furan rings is 1. The van der Waals surface area contributed by atoms with Crippen molar-refractivity contribution in [1.82, 2.24) is 4.72 Å². The topological polar surface area (TPSA) is 88.8 Å². The highest BCUT2D eigenvalue weighted by molar-refractivity contribution is 7.89. The summed E-state index contributed by atoms with van der Waals surface area (Å²) in [6, 6.07) is 9.48. The van der Waals surface area contributed by atoms with E-state index in [1.54, 1.807) is 31.2 Å². The van der Waals surface area contributed by atoms with E-state index < -0.39 is 16.1 Å². The Hall–Kier alpha value is -1.83. The molecule has 7 heteroatoms. The summed E-state index contributed by atoms with van der Waals surface area (Å²) >= 11 is 0. The van der Waals surface area contributed by atoms with Gasteiger partial charge in [0.15, 0.2) is 0 Å². The van der Waals surface area contributed by atoms with Crippen molar-refractivity contribution in [3.63, 3.8) is 0 Å². The van der Waals surface area contributed by atoms with Gasteiger partial charge in [0, 0.05) is 6.54 Å². The number of aliphatic hydroxyl groups is 1. The first-order valence-corrected chi connectivity index (χ1v) is 8.87. The fourth-order valence-electron chi connectivity index (χ4n) is 1.94. The van der Waals surface area contributed by atoms with E-state index in [0.717, 1.165) is 6.42 Å². The minimum absolute atomic E-state index is 0.115. The molecular formula is C16H21NO5S. The number of nitrogens with one attached hydrogen (secondary N) is 1. The molecule has 0 amide bonds. The maximum absolute atomic E-state index is 12.2. The summed E-state index contributed by atoms with van der Waals surface area (Å²) in [5, 5.41) is 9.94. The van der Waals surface area contributed by atoms with Crippen LogP contribution in [0.5, 0.6) is 5.75 Å². The third kappa shape index (κ3) is 4.82. The number of hydrogen-bond acceptors (Lipinski definition) is 5. The number of aliphatic hydroxyl groups excluding tert-OH is 1. The fraction of sp³-hybridized carbons (Fsp3) is 0.375. The van der Waals surface area contributed by atoms with E-state index in [2.05, 4.69) is 4.72 Å². The van der Waals surface area contributed by atoms with E-state index in [1.807, 2.05) is 6.92 Å². The largest absolute Gasteiger partial charge is 0.494 e. The molecule has 1 aromatic carbocycles. The first-order valence-electron chi connectivity index (χ1n) is 7.39. The lowest BCUT2D eigenvalue weighted by atomic mass is 10.3. The standard InChI is InChI=1S/C16H21NO5S/c1-3-10-21-13-5-7-14(8-6-13)23(19,20)17-11-15(18)16-9-4-12(2)22-16/h4-9,15,17-18H,3,10-11H2,1-2H3. The molecule has 0 saturated carbocycles. The highest BCUT2D eigenvalue weighted by Gasteiger charge is 2.18.